The van der Waals surface area contributed by atoms with Gasteiger partial charge in [-0.05, 0) is 71.8 Å². The van der Waals surface area contributed by atoms with Crippen LogP contribution >= 0.6 is 28.1 Å². The third-order valence-corrected chi connectivity index (χ3v) is 4.17. The summed E-state index contributed by atoms with van der Waals surface area (Å²) < 4.78 is 6.17. The zero-order chi connectivity index (χ0) is 16.1. The van der Waals surface area contributed by atoms with Crippen molar-refractivity contribution in [2.75, 3.05) is 12.4 Å². The molecule has 0 amide bonds. The first-order valence-electron chi connectivity index (χ1n) is 6.97. The Balaban J connectivity index is 1.98. The summed E-state index contributed by atoms with van der Waals surface area (Å²) in [6.07, 6.45) is 0. The van der Waals surface area contributed by atoms with Crippen LogP contribution in [0.1, 0.15) is 24.1 Å². The molecule has 0 heterocycles. The van der Waals surface area contributed by atoms with Gasteiger partial charge in [0.2, 0.25) is 0 Å². The Morgan fingerprint density at radius 3 is 2.45 bits per heavy atom. The summed E-state index contributed by atoms with van der Waals surface area (Å²) in [5, 5.41) is 7.07. The quantitative estimate of drug-likeness (QED) is 0.747. The summed E-state index contributed by atoms with van der Waals surface area (Å²) in [4.78, 5) is 0. The van der Waals surface area contributed by atoms with Crippen LogP contribution in [-0.4, -0.2) is 12.2 Å². The number of halogens is 1. The van der Waals surface area contributed by atoms with Gasteiger partial charge in [0, 0.05) is 5.69 Å². The number of nitrogens with one attached hydrogen (secondary N) is 2. The van der Waals surface area contributed by atoms with Crippen LogP contribution in [0, 0.1) is 6.92 Å². The minimum absolute atomic E-state index is 0.0904. The van der Waals surface area contributed by atoms with Gasteiger partial charge < -0.3 is 15.4 Å². The molecule has 2 N–H and O–H groups in total. The average Bonchev–Trinajstić information content (AvgIpc) is 2.49. The van der Waals surface area contributed by atoms with E-state index in [1.54, 1.807) is 7.11 Å². The molecule has 5 heteroatoms. The van der Waals surface area contributed by atoms with E-state index in [0.717, 1.165) is 21.5 Å². The Hall–Kier alpha value is -1.59. The number of rotatable bonds is 4. The van der Waals surface area contributed by atoms with E-state index in [1.807, 2.05) is 30.3 Å². The molecule has 0 saturated carbocycles. The standard InChI is InChI=1S/C17H19BrN2OS/c1-11-4-7-14(8-5-11)20-17(22)19-12(2)13-6-9-16(21-3)15(18)10-13/h4-10,12H,1-3H3,(H2,19,20,22)/t12-/m1/s1. The molecule has 0 aliphatic rings. The van der Waals surface area contributed by atoms with Gasteiger partial charge in [-0.3, -0.25) is 0 Å². The number of methoxy groups -OCH3 is 1. The van der Waals surface area contributed by atoms with E-state index < -0.39 is 0 Å². The van der Waals surface area contributed by atoms with E-state index in [1.165, 1.54) is 5.56 Å². The molecule has 3 nitrogen and oxygen atoms in total. The fraction of sp³-hybridized carbons (Fsp3) is 0.235. The van der Waals surface area contributed by atoms with Crippen LogP contribution in [0.15, 0.2) is 46.9 Å². The number of anilines is 1. The van der Waals surface area contributed by atoms with E-state index in [0.29, 0.717) is 5.11 Å². The van der Waals surface area contributed by atoms with Crippen molar-refractivity contribution in [3.63, 3.8) is 0 Å². The highest BCUT2D eigenvalue weighted by molar-refractivity contribution is 9.10. The van der Waals surface area contributed by atoms with Crippen molar-refractivity contribution >= 4 is 38.9 Å². The highest BCUT2D eigenvalue weighted by Gasteiger charge is 2.09. The van der Waals surface area contributed by atoms with Gasteiger partial charge in [0.1, 0.15) is 5.75 Å². The Morgan fingerprint density at radius 1 is 1.18 bits per heavy atom. The fourth-order valence-electron chi connectivity index (χ4n) is 2.04. The number of ether oxygens (including phenoxy) is 1. The second kappa shape index (κ2) is 7.61. The molecule has 0 aliphatic heterocycles. The zero-order valence-electron chi connectivity index (χ0n) is 12.8. The smallest absolute Gasteiger partial charge is 0.171 e. The maximum absolute atomic E-state index is 5.37. The van der Waals surface area contributed by atoms with Crippen molar-refractivity contribution in [3.05, 3.63) is 58.1 Å². The third kappa shape index (κ3) is 4.45. The van der Waals surface area contributed by atoms with Crippen LogP contribution in [0.5, 0.6) is 5.75 Å². The van der Waals surface area contributed by atoms with E-state index in [2.05, 4.69) is 52.5 Å². The highest BCUT2D eigenvalue weighted by atomic mass is 79.9. The Kier molecular flexibility index (Phi) is 5.80. The molecule has 1 atom stereocenters. The molecule has 2 aromatic carbocycles. The van der Waals surface area contributed by atoms with E-state index >= 15 is 0 Å². The van der Waals surface area contributed by atoms with Crippen LogP contribution in [-0.2, 0) is 0 Å². The molecule has 22 heavy (non-hydrogen) atoms. The maximum Gasteiger partial charge on any atom is 0.171 e. The largest absolute Gasteiger partial charge is 0.496 e. The van der Waals surface area contributed by atoms with E-state index in [4.69, 9.17) is 17.0 Å². The van der Waals surface area contributed by atoms with Crippen molar-refractivity contribution in [1.29, 1.82) is 0 Å². The summed E-state index contributed by atoms with van der Waals surface area (Å²) in [6.45, 7) is 4.13. The van der Waals surface area contributed by atoms with Gasteiger partial charge in [0.25, 0.3) is 0 Å². The molecular formula is C17H19BrN2OS. The molecule has 0 fully saturated rings. The van der Waals surface area contributed by atoms with Crippen LogP contribution in [0.4, 0.5) is 5.69 Å². The van der Waals surface area contributed by atoms with Gasteiger partial charge >= 0.3 is 0 Å². The molecule has 0 aromatic heterocycles. The lowest BCUT2D eigenvalue weighted by molar-refractivity contribution is 0.412. The predicted molar refractivity (Wildman–Crippen MR) is 99.6 cm³/mol. The molecule has 0 bridgehead atoms. The summed E-state index contributed by atoms with van der Waals surface area (Å²) in [5.74, 6) is 0.816. The fourth-order valence-corrected chi connectivity index (χ4v) is 2.89. The van der Waals surface area contributed by atoms with Gasteiger partial charge in [0.15, 0.2) is 5.11 Å². The van der Waals surface area contributed by atoms with Gasteiger partial charge in [0.05, 0.1) is 17.6 Å². The molecule has 0 radical (unpaired) electrons. The molecular weight excluding hydrogens is 360 g/mol. The molecule has 116 valence electrons. The van der Waals surface area contributed by atoms with Crippen LogP contribution in [0.2, 0.25) is 0 Å². The first-order valence-corrected chi connectivity index (χ1v) is 8.17. The number of aryl methyl sites for hydroxylation is 1. The van der Waals surface area contributed by atoms with Crippen molar-refractivity contribution in [2.45, 2.75) is 19.9 Å². The molecule has 2 aromatic rings. The van der Waals surface area contributed by atoms with Gasteiger partial charge in [-0.1, -0.05) is 23.8 Å². The summed E-state index contributed by atoms with van der Waals surface area (Å²) >= 11 is 8.87. The van der Waals surface area contributed by atoms with Crippen LogP contribution in [0.25, 0.3) is 0 Å². The first-order chi connectivity index (χ1) is 10.5. The van der Waals surface area contributed by atoms with Crippen molar-refractivity contribution in [1.82, 2.24) is 5.32 Å². The SMILES string of the molecule is COc1ccc([C@@H](C)NC(=S)Nc2ccc(C)cc2)cc1Br. The number of hydrogen-bond donors (Lipinski definition) is 2. The molecule has 0 aliphatic carbocycles. The molecule has 0 spiro atoms. The lowest BCUT2D eigenvalue weighted by Gasteiger charge is -2.18. The summed E-state index contributed by atoms with van der Waals surface area (Å²) in [6, 6.07) is 14.2. The summed E-state index contributed by atoms with van der Waals surface area (Å²) in [5.41, 5.74) is 3.33. The third-order valence-electron chi connectivity index (χ3n) is 3.33. The Morgan fingerprint density at radius 2 is 1.86 bits per heavy atom. The van der Waals surface area contributed by atoms with Gasteiger partial charge in [-0.25, -0.2) is 0 Å². The topological polar surface area (TPSA) is 33.3 Å². The zero-order valence-corrected chi connectivity index (χ0v) is 15.2. The van der Waals surface area contributed by atoms with Gasteiger partial charge in [-0.2, -0.15) is 0 Å². The van der Waals surface area contributed by atoms with E-state index in [-0.39, 0.29) is 6.04 Å². The number of hydrogen-bond acceptors (Lipinski definition) is 2. The normalized spacial score (nSPS) is 11.6. The monoisotopic (exact) mass is 378 g/mol. The van der Waals surface area contributed by atoms with Crippen molar-refractivity contribution in [2.24, 2.45) is 0 Å². The van der Waals surface area contributed by atoms with Crippen LogP contribution in [0.3, 0.4) is 0 Å². The molecule has 0 saturated heterocycles. The van der Waals surface area contributed by atoms with E-state index in [9.17, 15) is 0 Å². The minimum atomic E-state index is 0.0904. The molecule has 0 unspecified atom stereocenters. The maximum atomic E-state index is 5.37. The second-order valence-electron chi connectivity index (χ2n) is 5.08. The lowest BCUT2D eigenvalue weighted by atomic mass is 10.1. The predicted octanol–water partition coefficient (Wildman–Crippen LogP) is 4.81. The summed E-state index contributed by atoms with van der Waals surface area (Å²) in [7, 11) is 1.65. The van der Waals surface area contributed by atoms with Gasteiger partial charge in [-0.15, -0.1) is 0 Å². The average molecular weight is 379 g/mol. The molecule has 2 rings (SSSR count). The van der Waals surface area contributed by atoms with Crippen molar-refractivity contribution < 1.29 is 4.74 Å². The second-order valence-corrected chi connectivity index (χ2v) is 6.34. The highest BCUT2D eigenvalue weighted by Crippen LogP contribution is 2.28. The Bertz CT molecular complexity index is 658. The van der Waals surface area contributed by atoms with Crippen molar-refractivity contribution in [3.8, 4) is 5.75 Å². The number of benzene rings is 2. The minimum Gasteiger partial charge on any atom is -0.496 e. The first kappa shape index (κ1) is 16.8. The van der Waals surface area contributed by atoms with Crippen LogP contribution < -0.4 is 15.4 Å². The lowest BCUT2D eigenvalue weighted by Crippen LogP contribution is -2.30. The number of thiocarbonyl (C=S) groups is 1. The Labute approximate surface area is 145 Å².